The predicted octanol–water partition coefficient (Wildman–Crippen LogP) is 7.64. The number of benzene rings is 2. The summed E-state index contributed by atoms with van der Waals surface area (Å²) in [5, 5.41) is 5.90. The number of hydrogen-bond acceptors (Lipinski definition) is 4. The van der Waals surface area contributed by atoms with Crippen LogP contribution in [0.2, 0.25) is 0 Å². The van der Waals surface area contributed by atoms with E-state index in [4.69, 9.17) is 4.74 Å². The van der Waals surface area contributed by atoms with Crippen molar-refractivity contribution in [1.82, 2.24) is 10.2 Å². The Morgan fingerprint density at radius 1 is 0.902 bits per heavy atom. The lowest BCUT2D eigenvalue weighted by atomic mass is 9.94. The molecule has 7 heteroatoms. The third-order valence-corrected chi connectivity index (χ3v) is 7.07. The molecule has 2 atom stereocenters. The summed E-state index contributed by atoms with van der Waals surface area (Å²) in [5.41, 5.74) is 3.71. The second-order valence-electron chi connectivity index (χ2n) is 12.4. The summed E-state index contributed by atoms with van der Waals surface area (Å²) in [6, 6.07) is 11.8. The van der Waals surface area contributed by atoms with Gasteiger partial charge in [-0.1, -0.05) is 88.4 Å². The van der Waals surface area contributed by atoms with Gasteiger partial charge in [-0.25, -0.2) is 4.79 Å². The van der Waals surface area contributed by atoms with Gasteiger partial charge in [0.2, 0.25) is 5.91 Å². The van der Waals surface area contributed by atoms with Gasteiger partial charge >= 0.3 is 6.09 Å². The molecule has 0 aliphatic heterocycles. The highest BCUT2D eigenvalue weighted by molar-refractivity contribution is 5.99. The Hall–Kier alpha value is -3.35. The van der Waals surface area contributed by atoms with Gasteiger partial charge in [0.05, 0.1) is 0 Å². The molecule has 0 aliphatic carbocycles. The first-order valence-electron chi connectivity index (χ1n) is 15.0. The minimum Gasteiger partial charge on any atom is -0.444 e. The fourth-order valence-corrected chi connectivity index (χ4v) is 4.88. The van der Waals surface area contributed by atoms with Crippen LogP contribution in [0.4, 0.5) is 10.5 Å². The van der Waals surface area contributed by atoms with Crippen molar-refractivity contribution in [2.45, 2.75) is 112 Å². The highest BCUT2D eigenvalue weighted by atomic mass is 16.6. The maximum atomic E-state index is 14.4. The number of alkyl carbamates (subject to hydrolysis) is 1. The number of anilines is 1. The first kappa shape index (κ1) is 33.9. The Morgan fingerprint density at radius 3 is 2.15 bits per heavy atom. The number of para-hydroxylation sites is 1. The van der Waals surface area contributed by atoms with Crippen LogP contribution in [-0.2, 0) is 14.3 Å². The van der Waals surface area contributed by atoms with E-state index >= 15 is 0 Å². The predicted molar refractivity (Wildman–Crippen MR) is 167 cm³/mol. The standard InChI is InChI=1S/C34H51N3O4/c1-10-11-12-13-16-21-37(32(39)29(23(2)3)36-33(40)41-34(7,8)9)30(27-20-19-24(4)22-26(27)6)31(38)35-28-18-15-14-17-25(28)5/h14-15,17-20,22-23,29-30H,10-13,16,21H2,1-9H3,(H,35,38)(H,36,40). The number of amides is 3. The monoisotopic (exact) mass is 565 g/mol. The summed E-state index contributed by atoms with van der Waals surface area (Å²) < 4.78 is 5.49. The summed E-state index contributed by atoms with van der Waals surface area (Å²) in [4.78, 5) is 43.0. The van der Waals surface area contributed by atoms with Crippen LogP contribution in [0.25, 0.3) is 0 Å². The zero-order valence-corrected chi connectivity index (χ0v) is 26.6. The Balaban J connectivity index is 2.57. The summed E-state index contributed by atoms with van der Waals surface area (Å²) in [7, 11) is 0. The van der Waals surface area contributed by atoms with Crippen molar-refractivity contribution in [2.75, 3.05) is 11.9 Å². The van der Waals surface area contributed by atoms with E-state index in [1.165, 1.54) is 0 Å². The van der Waals surface area contributed by atoms with E-state index in [2.05, 4.69) is 17.6 Å². The molecule has 226 valence electrons. The molecule has 0 heterocycles. The van der Waals surface area contributed by atoms with Gasteiger partial charge in [0.25, 0.3) is 5.91 Å². The fraction of sp³-hybridized carbons (Fsp3) is 0.559. The first-order valence-corrected chi connectivity index (χ1v) is 15.0. The molecule has 2 aromatic rings. The smallest absolute Gasteiger partial charge is 0.408 e. The number of nitrogens with zero attached hydrogens (tertiary/aromatic N) is 1. The van der Waals surface area contributed by atoms with Gasteiger partial charge < -0.3 is 20.3 Å². The lowest BCUT2D eigenvalue weighted by molar-refractivity contribution is -0.141. The maximum Gasteiger partial charge on any atom is 0.408 e. The summed E-state index contributed by atoms with van der Waals surface area (Å²) >= 11 is 0. The number of unbranched alkanes of at least 4 members (excludes halogenated alkanes) is 4. The number of aryl methyl sites for hydroxylation is 3. The van der Waals surface area contributed by atoms with E-state index in [1.54, 1.807) is 25.7 Å². The average molecular weight is 566 g/mol. The molecule has 7 nitrogen and oxygen atoms in total. The Bertz CT molecular complexity index is 1170. The minimum absolute atomic E-state index is 0.225. The van der Waals surface area contributed by atoms with Gasteiger partial charge in [0, 0.05) is 12.2 Å². The number of carbonyl (C=O) groups excluding carboxylic acids is 3. The molecule has 3 amide bonds. The third kappa shape index (κ3) is 10.5. The highest BCUT2D eigenvalue weighted by Gasteiger charge is 2.38. The van der Waals surface area contributed by atoms with Crippen LogP contribution in [-0.4, -0.2) is 41.0 Å². The van der Waals surface area contributed by atoms with Gasteiger partial charge in [-0.3, -0.25) is 9.59 Å². The van der Waals surface area contributed by atoms with Gasteiger partial charge in [-0.05, 0) is 76.6 Å². The van der Waals surface area contributed by atoms with Crippen molar-refractivity contribution in [2.24, 2.45) is 5.92 Å². The summed E-state index contributed by atoms with van der Waals surface area (Å²) in [6.07, 6.45) is 4.34. The first-order chi connectivity index (χ1) is 19.2. The Morgan fingerprint density at radius 2 is 1.56 bits per heavy atom. The highest BCUT2D eigenvalue weighted by Crippen LogP contribution is 2.29. The van der Waals surface area contributed by atoms with Crippen LogP contribution in [0.1, 0.15) is 102 Å². The quantitative estimate of drug-likeness (QED) is 0.244. The lowest BCUT2D eigenvalue weighted by Crippen LogP contribution is -2.54. The molecule has 41 heavy (non-hydrogen) atoms. The largest absolute Gasteiger partial charge is 0.444 e. The van der Waals surface area contributed by atoms with Gasteiger partial charge in [0.15, 0.2) is 0 Å². The molecule has 2 aromatic carbocycles. The number of ether oxygens (including phenoxy) is 1. The van der Waals surface area contributed by atoms with Crippen molar-refractivity contribution in [3.63, 3.8) is 0 Å². The van der Waals surface area contributed by atoms with Crippen molar-refractivity contribution in [3.8, 4) is 0 Å². The van der Waals surface area contributed by atoms with Gasteiger partial charge in [0.1, 0.15) is 17.7 Å². The van der Waals surface area contributed by atoms with Crippen LogP contribution in [0.15, 0.2) is 42.5 Å². The average Bonchev–Trinajstić information content (AvgIpc) is 2.87. The molecule has 2 N–H and O–H groups in total. The Kier molecular flexibility index (Phi) is 12.9. The van der Waals surface area contributed by atoms with E-state index in [9.17, 15) is 14.4 Å². The number of nitrogens with one attached hydrogen (secondary N) is 2. The van der Waals surface area contributed by atoms with E-state index in [1.807, 2.05) is 77.1 Å². The fourth-order valence-electron chi connectivity index (χ4n) is 4.88. The molecule has 0 radical (unpaired) electrons. The van der Waals surface area contributed by atoms with Crippen molar-refractivity contribution in [3.05, 3.63) is 64.7 Å². The molecular weight excluding hydrogens is 514 g/mol. The zero-order chi connectivity index (χ0) is 30.7. The molecule has 0 aliphatic rings. The topological polar surface area (TPSA) is 87.7 Å². The molecule has 0 saturated carbocycles. The second kappa shape index (κ2) is 15.6. The van der Waals surface area contributed by atoms with E-state index in [0.717, 1.165) is 54.4 Å². The van der Waals surface area contributed by atoms with Crippen LogP contribution in [0.5, 0.6) is 0 Å². The molecule has 2 unspecified atom stereocenters. The molecule has 0 fully saturated rings. The summed E-state index contributed by atoms with van der Waals surface area (Å²) in [6.45, 7) is 17.6. The van der Waals surface area contributed by atoms with Crippen LogP contribution in [0, 0.1) is 26.7 Å². The van der Waals surface area contributed by atoms with Crippen LogP contribution in [0.3, 0.4) is 0 Å². The number of carbonyl (C=O) groups is 3. The molecule has 2 rings (SSSR count). The third-order valence-electron chi connectivity index (χ3n) is 7.07. The molecule has 0 aromatic heterocycles. The summed E-state index contributed by atoms with van der Waals surface area (Å²) in [5.74, 6) is -0.809. The van der Waals surface area contributed by atoms with E-state index in [-0.39, 0.29) is 17.7 Å². The molecule has 0 bridgehead atoms. The second-order valence-corrected chi connectivity index (χ2v) is 12.4. The Labute approximate surface area is 247 Å². The van der Waals surface area contributed by atoms with Crippen molar-refractivity contribution in [1.29, 1.82) is 0 Å². The lowest BCUT2D eigenvalue weighted by Gasteiger charge is -2.36. The van der Waals surface area contributed by atoms with E-state index in [0.29, 0.717) is 12.2 Å². The maximum absolute atomic E-state index is 14.4. The normalized spacial score (nSPS) is 12.9. The van der Waals surface area contributed by atoms with Crippen molar-refractivity contribution < 1.29 is 19.1 Å². The van der Waals surface area contributed by atoms with Gasteiger partial charge in [-0.15, -0.1) is 0 Å². The molecule has 0 spiro atoms. The number of rotatable bonds is 13. The zero-order valence-electron chi connectivity index (χ0n) is 26.6. The van der Waals surface area contributed by atoms with Gasteiger partial charge in [-0.2, -0.15) is 0 Å². The SMILES string of the molecule is CCCCCCCN(C(=O)C(NC(=O)OC(C)(C)C)C(C)C)C(C(=O)Nc1ccccc1C)c1ccc(C)cc1C. The molecule has 0 saturated heterocycles. The number of hydrogen-bond donors (Lipinski definition) is 2. The van der Waals surface area contributed by atoms with Crippen molar-refractivity contribution >= 4 is 23.6 Å². The van der Waals surface area contributed by atoms with E-state index < -0.39 is 23.8 Å². The van der Waals surface area contributed by atoms with Crippen LogP contribution >= 0.6 is 0 Å². The van der Waals surface area contributed by atoms with Crippen LogP contribution < -0.4 is 10.6 Å². The minimum atomic E-state index is -0.879. The molecular formula is C34H51N3O4.